The van der Waals surface area contributed by atoms with E-state index in [1.54, 1.807) is 78.3 Å². The molecule has 1 atom stereocenters. The Balaban J connectivity index is 0.721. The van der Waals surface area contributed by atoms with Crippen molar-refractivity contribution in [3.63, 3.8) is 0 Å². The van der Waals surface area contributed by atoms with Gasteiger partial charge >= 0.3 is 5.69 Å². The van der Waals surface area contributed by atoms with Gasteiger partial charge in [0.15, 0.2) is 11.6 Å². The van der Waals surface area contributed by atoms with Crippen LogP contribution in [0.3, 0.4) is 0 Å². The number of nitrogens with one attached hydrogen (secondary N) is 4. The van der Waals surface area contributed by atoms with Crippen LogP contribution in [0, 0.1) is 11.7 Å². The van der Waals surface area contributed by atoms with Gasteiger partial charge in [-0.1, -0.05) is 29.8 Å². The largest absolute Gasteiger partial charge is 0.369 e. The maximum absolute atomic E-state index is 14.9. The number of primary amides is 1. The monoisotopic (exact) mass is 928 g/mol. The number of hydrazine groups is 1. The van der Waals surface area contributed by atoms with Crippen molar-refractivity contribution in [2.24, 2.45) is 18.7 Å². The highest BCUT2D eigenvalue weighted by molar-refractivity contribution is 6.33. The Kier molecular flexibility index (Phi) is 13.0. The van der Waals surface area contributed by atoms with Crippen LogP contribution in [0.15, 0.2) is 95.9 Å². The Morgan fingerprint density at radius 1 is 0.851 bits per heavy atom. The number of hydrogen-bond acceptors (Lipinski definition) is 12. The van der Waals surface area contributed by atoms with E-state index in [4.69, 9.17) is 17.3 Å². The molecule has 5 heterocycles. The fourth-order valence-electron chi connectivity index (χ4n) is 9.14. The van der Waals surface area contributed by atoms with Crippen LogP contribution in [0.25, 0.3) is 22.2 Å². The number of piperazine rings is 1. The maximum Gasteiger partial charge on any atom is 0.329 e. The van der Waals surface area contributed by atoms with Gasteiger partial charge in [-0.05, 0) is 110 Å². The van der Waals surface area contributed by atoms with Crippen LogP contribution in [-0.2, 0) is 16.6 Å². The molecule has 0 bridgehead atoms. The van der Waals surface area contributed by atoms with Crippen molar-refractivity contribution in [2.75, 3.05) is 61.3 Å². The van der Waals surface area contributed by atoms with Gasteiger partial charge in [0, 0.05) is 91.5 Å². The number of amides is 4. The third-order valence-corrected chi connectivity index (χ3v) is 13.2. The quantitative estimate of drug-likeness (QED) is 0.0883. The van der Waals surface area contributed by atoms with Gasteiger partial charge < -0.3 is 21.3 Å². The molecule has 17 nitrogen and oxygen atoms in total. The van der Waals surface area contributed by atoms with Crippen molar-refractivity contribution in [1.82, 2.24) is 39.8 Å². The van der Waals surface area contributed by atoms with Gasteiger partial charge in [-0.3, -0.25) is 44.0 Å². The zero-order valence-electron chi connectivity index (χ0n) is 36.8. The second kappa shape index (κ2) is 19.4. The van der Waals surface area contributed by atoms with Crippen LogP contribution >= 0.6 is 11.6 Å². The number of carbonyl (C=O) groups excluding carboxylic acids is 4. The number of hydrogen-bond donors (Lipinski definition) is 5. The van der Waals surface area contributed by atoms with Crippen LogP contribution in [-0.4, -0.2) is 98.5 Å². The number of benzene rings is 4. The molecular weight excluding hydrogens is 879 g/mol. The van der Waals surface area contributed by atoms with E-state index < -0.39 is 23.7 Å². The lowest BCUT2D eigenvalue weighted by molar-refractivity contribution is -0.135. The topological polar surface area (TPSA) is 205 Å². The van der Waals surface area contributed by atoms with Crippen LogP contribution in [0.2, 0.25) is 5.02 Å². The van der Waals surface area contributed by atoms with Gasteiger partial charge in [0.25, 0.3) is 5.91 Å². The minimum atomic E-state index is -0.709. The Morgan fingerprint density at radius 2 is 1.60 bits per heavy atom. The number of nitrogens with two attached hydrogens (primary N) is 1. The molecule has 3 fully saturated rings. The number of piperidine rings is 2. The highest BCUT2D eigenvalue weighted by atomic mass is 35.5. The summed E-state index contributed by atoms with van der Waals surface area (Å²) in [5.41, 5.74) is 13.7. The number of carbonyl (C=O) groups is 4. The fraction of sp³-hybridized carbons (Fsp3) is 0.312. The average molecular weight is 929 g/mol. The minimum Gasteiger partial charge on any atom is -0.369 e. The number of imide groups is 1. The lowest BCUT2D eigenvalue weighted by Crippen LogP contribution is -2.48. The summed E-state index contributed by atoms with van der Waals surface area (Å²) in [6.07, 6.45) is 4.60. The smallest absolute Gasteiger partial charge is 0.329 e. The normalized spacial score (nSPS) is 17.4. The molecule has 6 aromatic rings. The molecule has 19 heteroatoms. The number of nitrogens with zero attached hydrogens (tertiary/aromatic N) is 7. The van der Waals surface area contributed by atoms with Crippen molar-refractivity contribution < 1.29 is 23.6 Å². The highest BCUT2D eigenvalue weighted by Gasteiger charge is 2.32. The predicted octanol–water partition coefficient (Wildman–Crippen LogP) is 5.72. The second-order valence-electron chi connectivity index (χ2n) is 17.2. The van der Waals surface area contributed by atoms with Crippen LogP contribution in [0.4, 0.5) is 33.2 Å². The van der Waals surface area contributed by atoms with Crippen molar-refractivity contribution in [3.05, 3.63) is 124 Å². The highest BCUT2D eigenvalue weighted by Crippen LogP contribution is 2.34. The van der Waals surface area contributed by atoms with Gasteiger partial charge in [-0.25, -0.2) is 19.2 Å². The summed E-state index contributed by atoms with van der Waals surface area (Å²) in [5, 5.41) is 10.8. The standard InChI is InChI=1S/C48H50ClFN12O5/c1-58-41-27-33(11-13-39(41)62(48(58)67)40-14-15-42(63)55-46(40)66)60-24-22-59(23-25-60)19-16-29-17-20-61(21-18-29)57-45(65)30-6-8-31(9-7-30)54-47-52-28-38(50)44(56-47)53-32-10-12-35(43(51)64)36(26-32)34-4-2-3-5-37(34)49/h2-13,26-29,40H,14-25H2,1H3,(H2,51,64)(H,57,65)(H,55,63,66)(H2,52,53,54,56). The zero-order valence-corrected chi connectivity index (χ0v) is 37.6. The summed E-state index contributed by atoms with van der Waals surface area (Å²) in [4.78, 5) is 76.2. The third-order valence-electron chi connectivity index (χ3n) is 12.9. The van der Waals surface area contributed by atoms with E-state index in [1.165, 1.54) is 4.57 Å². The first kappa shape index (κ1) is 45.0. The van der Waals surface area contributed by atoms with Crippen LogP contribution in [0.1, 0.15) is 58.9 Å². The molecule has 4 amide bonds. The number of aromatic nitrogens is 4. The summed E-state index contributed by atoms with van der Waals surface area (Å²) in [6.45, 7) is 6.09. The zero-order chi connectivity index (χ0) is 46.8. The molecule has 4 aromatic carbocycles. The Morgan fingerprint density at radius 3 is 2.33 bits per heavy atom. The Labute approximate surface area is 390 Å². The third kappa shape index (κ3) is 9.87. The first-order valence-electron chi connectivity index (χ1n) is 22.3. The number of fused-ring (bicyclic) bond motifs is 1. The van der Waals surface area contributed by atoms with Gasteiger partial charge in [0.05, 0.1) is 17.2 Å². The summed E-state index contributed by atoms with van der Waals surface area (Å²) >= 11 is 6.42. The molecule has 1 unspecified atom stereocenters. The molecule has 3 saturated heterocycles. The SMILES string of the molecule is Cn1c(=O)n(C2CCC(=O)NC2=O)c2ccc(N3CCN(CCC4CCN(NC(=O)c5ccc(Nc6ncc(F)c(Nc7ccc(C(N)=O)c(-c8ccccc8Cl)c7)n6)cc5)CC4)CC3)cc21. The van der Waals surface area contributed by atoms with E-state index in [9.17, 15) is 28.4 Å². The molecule has 9 rings (SSSR count). The van der Waals surface area contributed by atoms with Crippen LogP contribution < -0.4 is 37.7 Å². The molecule has 3 aliphatic heterocycles. The second-order valence-corrected chi connectivity index (χ2v) is 17.6. The van der Waals surface area contributed by atoms with Crippen molar-refractivity contribution in [3.8, 4) is 11.1 Å². The predicted molar refractivity (Wildman–Crippen MR) is 254 cm³/mol. The molecule has 0 aliphatic carbocycles. The van der Waals surface area contributed by atoms with Gasteiger partial charge in [-0.15, -0.1) is 0 Å². The van der Waals surface area contributed by atoms with E-state index >= 15 is 0 Å². The summed E-state index contributed by atoms with van der Waals surface area (Å²) < 4.78 is 18.0. The molecule has 6 N–H and O–H groups in total. The van der Waals surface area contributed by atoms with E-state index in [0.717, 1.165) is 82.5 Å². The molecular formula is C48H50ClFN12O5. The lowest BCUT2D eigenvalue weighted by atomic mass is 9.94. The number of halogens is 2. The van der Waals surface area contributed by atoms with Crippen LogP contribution in [0.5, 0.6) is 0 Å². The Bertz CT molecular complexity index is 2930. The molecule has 0 saturated carbocycles. The van der Waals surface area contributed by atoms with E-state index in [2.05, 4.69) is 41.1 Å². The van der Waals surface area contributed by atoms with Gasteiger partial charge in [0.2, 0.25) is 23.7 Å². The number of rotatable bonds is 13. The number of imidazole rings is 1. The van der Waals surface area contributed by atoms with Crippen molar-refractivity contribution >= 4 is 75.1 Å². The van der Waals surface area contributed by atoms with Crippen molar-refractivity contribution in [1.29, 1.82) is 0 Å². The molecule has 0 spiro atoms. The average Bonchev–Trinajstić information content (AvgIpc) is 3.57. The molecule has 67 heavy (non-hydrogen) atoms. The van der Waals surface area contributed by atoms with Gasteiger partial charge in [0.1, 0.15) is 6.04 Å². The summed E-state index contributed by atoms with van der Waals surface area (Å²) in [5.74, 6) is -1.70. The number of anilines is 5. The van der Waals surface area contributed by atoms with Crippen molar-refractivity contribution in [2.45, 2.75) is 38.1 Å². The summed E-state index contributed by atoms with van der Waals surface area (Å²) in [6, 6.07) is 23.9. The van der Waals surface area contributed by atoms with E-state index in [-0.39, 0.29) is 41.3 Å². The minimum absolute atomic E-state index is 0.0991. The van der Waals surface area contributed by atoms with E-state index in [0.29, 0.717) is 50.9 Å². The fourth-order valence-corrected chi connectivity index (χ4v) is 9.38. The van der Waals surface area contributed by atoms with E-state index in [1.807, 2.05) is 23.2 Å². The first-order valence-corrected chi connectivity index (χ1v) is 22.7. The van der Waals surface area contributed by atoms with Gasteiger partial charge in [-0.2, -0.15) is 4.98 Å². The lowest BCUT2D eigenvalue weighted by Gasteiger charge is -2.37. The first-order chi connectivity index (χ1) is 32.4. The molecule has 346 valence electrons. The molecule has 0 radical (unpaired) electrons. The maximum atomic E-state index is 14.9. The molecule has 2 aromatic heterocycles. The summed E-state index contributed by atoms with van der Waals surface area (Å²) in [7, 11) is 1.71. The molecule has 3 aliphatic rings. The Hall–Kier alpha value is -7.15. The number of aryl methyl sites for hydroxylation is 1.